The molecule has 0 aromatic heterocycles. The molecule has 2 aromatic carbocycles. The van der Waals surface area contributed by atoms with E-state index >= 15 is 0 Å². The zero-order valence-corrected chi connectivity index (χ0v) is 11.0. The van der Waals surface area contributed by atoms with Gasteiger partial charge in [0, 0.05) is 23.5 Å². The molecule has 108 valence electrons. The fraction of sp³-hybridized carbons (Fsp3) is 0.125. The summed E-state index contributed by atoms with van der Waals surface area (Å²) in [4.78, 5) is 0. The second-order valence-corrected chi connectivity index (χ2v) is 4.91. The van der Waals surface area contributed by atoms with E-state index in [0.717, 1.165) is 17.2 Å². The third kappa shape index (κ3) is 2.59. The number of hydrogen-bond donors (Lipinski definition) is 2. The first-order chi connectivity index (χ1) is 9.95. The van der Waals surface area contributed by atoms with Crippen LogP contribution in [0.15, 0.2) is 42.5 Å². The van der Waals surface area contributed by atoms with Crippen molar-refractivity contribution in [3.8, 4) is 0 Å². The topological polar surface area (TPSA) is 38.0 Å². The summed E-state index contributed by atoms with van der Waals surface area (Å²) in [6.45, 7) is 0.457. The number of benzene rings is 2. The number of alkyl halides is 3. The van der Waals surface area contributed by atoms with E-state index in [0.29, 0.717) is 17.9 Å². The van der Waals surface area contributed by atoms with Crippen molar-refractivity contribution in [1.29, 1.82) is 0 Å². The molecule has 0 atom stereocenters. The van der Waals surface area contributed by atoms with Crippen LogP contribution in [0.1, 0.15) is 22.3 Å². The van der Waals surface area contributed by atoms with Gasteiger partial charge in [0.15, 0.2) is 0 Å². The molecule has 5 heteroatoms. The Morgan fingerprint density at radius 3 is 2.57 bits per heavy atom. The van der Waals surface area contributed by atoms with Gasteiger partial charge in [0.05, 0.1) is 5.56 Å². The van der Waals surface area contributed by atoms with E-state index in [1.54, 1.807) is 18.2 Å². The second kappa shape index (κ2) is 4.84. The van der Waals surface area contributed by atoms with Gasteiger partial charge in [0.2, 0.25) is 0 Å². The number of nitrogens with two attached hydrogens (primary N) is 1. The molecule has 0 amide bonds. The molecule has 0 radical (unpaired) electrons. The Balaban J connectivity index is 2.09. The van der Waals surface area contributed by atoms with Gasteiger partial charge in [-0.3, -0.25) is 0 Å². The molecule has 3 rings (SSSR count). The highest BCUT2D eigenvalue weighted by atomic mass is 19.4. The van der Waals surface area contributed by atoms with E-state index in [9.17, 15) is 13.2 Å². The van der Waals surface area contributed by atoms with Gasteiger partial charge in [-0.15, -0.1) is 0 Å². The van der Waals surface area contributed by atoms with Gasteiger partial charge in [-0.25, -0.2) is 0 Å². The number of nitrogen functional groups attached to an aromatic ring is 1. The standard InChI is InChI=1S/C16H13F3N2/c17-16(18,19)14-4-2-1-3-13(14)15-8-10-5-6-12(20)7-11(10)9-21-15/h1-8,21H,9,20H2. The number of hydrogen-bond acceptors (Lipinski definition) is 2. The summed E-state index contributed by atoms with van der Waals surface area (Å²) in [5.74, 6) is 0. The molecule has 2 aromatic rings. The average molecular weight is 290 g/mol. The Morgan fingerprint density at radius 1 is 1.05 bits per heavy atom. The van der Waals surface area contributed by atoms with E-state index in [-0.39, 0.29) is 5.56 Å². The van der Waals surface area contributed by atoms with Gasteiger partial charge < -0.3 is 11.1 Å². The van der Waals surface area contributed by atoms with Gasteiger partial charge >= 0.3 is 6.18 Å². The van der Waals surface area contributed by atoms with Crippen molar-refractivity contribution in [1.82, 2.24) is 5.32 Å². The van der Waals surface area contributed by atoms with Crippen LogP contribution in [0, 0.1) is 0 Å². The zero-order chi connectivity index (χ0) is 15.0. The fourth-order valence-corrected chi connectivity index (χ4v) is 2.45. The van der Waals surface area contributed by atoms with Crippen molar-refractivity contribution in [2.24, 2.45) is 0 Å². The van der Waals surface area contributed by atoms with Crippen LogP contribution < -0.4 is 11.1 Å². The molecule has 0 fully saturated rings. The lowest BCUT2D eigenvalue weighted by molar-refractivity contribution is -0.137. The number of nitrogens with one attached hydrogen (secondary N) is 1. The van der Waals surface area contributed by atoms with Crippen LogP contribution >= 0.6 is 0 Å². The first-order valence-corrected chi connectivity index (χ1v) is 6.46. The summed E-state index contributed by atoms with van der Waals surface area (Å²) in [6, 6.07) is 11.0. The molecule has 1 aliphatic heterocycles. The minimum Gasteiger partial charge on any atom is -0.399 e. The monoisotopic (exact) mass is 290 g/mol. The van der Waals surface area contributed by atoms with Crippen LogP contribution in [0.25, 0.3) is 11.8 Å². The summed E-state index contributed by atoms with van der Waals surface area (Å²) in [5.41, 5.74) is 8.21. The Hall–Kier alpha value is -2.43. The Bertz CT molecular complexity index is 718. The van der Waals surface area contributed by atoms with Crippen LogP contribution in [0.2, 0.25) is 0 Å². The van der Waals surface area contributed by atoms with Gasteiger partial charge in [-0.1, -0.05) is 24.3 Å². The molecule has 0 aliphatic carbocycles. The van der Waals surface area contributed by atoms with Crippen molar-refractivity contribution in [2.75, 3.05) is 5.73 Å². The first-order valence-electron chi connectivity index (χ1n) is 6.46. The Morgan fingerprint density at radius 2 is 1.81 bits per heavy atom. The van der Waals surface area contributed by atoms with Gasteiger partial charge in [-0.05, 0) is 35.4 Å². The normalized spacial score (nSPS) is 14.1. The van der Waals surface area contributed by atoms with Crippen molar-refractivity contribution >= 4 is 17.5 Å². The van der Waals surface area contributed by atoms with Crippen LogP contribution in [0.4, 0.5) is 18.9 Å². The highest BCUT2D eigenvalue weighted by molar-refractivity contribution is 5.84. The summed E-state index contributed by atoms with van der Waals surface area (Å²) in [5, 5.41) is 3.04. The summed E-state index contributed by atoms with van der Waals surface area (Å²) in [7, 11) is 0. The highest BCUT2D eigenvalue weighted by Gasteiger charge is 2.34. The second-order valence-electron chi connectivity index (χ2n) is 4.91. The lowest BCUT2D eigenvalue weighted by Crippen LogP contribution is -2.19. The smallest absolute Gasteiger partial charge is 0.399 e. The Labute approximate surface area is 120 Å². The van der Waals surface area contributed by atoms with E-state index in [1.807, 2.05) is 12.1 Å². The number of fused-ring (bicyclic) bond motifs is 1. The molecule has 0 spiro atoms. The van der Waals surface area contributed by atoms with E-state index < -0.39 is 11.7 Å². The minimum absolute atomic E-state index is 0.160. The molecule has 0 unspecified atom stereocenters. The summed E-state index contributed by atoms with van der Waals surface area (Å²) >= 11 is 0. The molecule has 2 nitrogen and oxygen atoms in total. The largest absolute Gasteiger partial charge is 0.417 e. The van der Waals surface area contributed by atoms with Crippen molar-refractivity contribution < 1.29 is 13.2 Å². The zero-order valence-electron chi connectivity index (χ0n) is 11.0. The molecule has 0 bridgehead atoms. The SMILES string of the molecule is Nc1ccc2c(c1)CNC(c1ccccc1C(F)(F)F)=C2. The van der Waals surface area contributed by atoms with Gasteiger partial charge in [0.1, 0.15) is 0 Å². The molecule has 0 saturated heterocycles. The highest BCUT2D eigenvalue weighted by Crippen LogP contribution is 2.36. The van der Waals surface area contributed by atoms with E-state index in [1.165, 1.54) is 12.1 Å². The third-order valence-electron chi connectivity index (χ3n) is 3.46. The maximum absolute atomic E-state index is 13.1. The molecule has 3 N–H and O–H groups in total. The summed E-state index contributed by atoms with van der Waals surface area (Å²) in [6.07, 6.45) is -2.65. The predicted octanol–water partition coefficient (Wildman–Crippen LogP) is 3.89. The quantitative estimate of drug-likeness (QED) is 0.782. The average Bonchev–Trinajstić information content (AvgIpc) is 2.46. The van der Waals surface area contributed by atoms with Crippen molar-refractivity contribution in [3.63, 3.8) is 0 Å². The Kier molecular flexibility index (Phi) is 3.12. The molecule has 0 saturated carbocycles. The molecular weight excluding hydrogens is 277 g/mol. The van der Waals surface area contributed by atoms with Crippen LogP contribution in [-0.2, 0) is 12.7 Å². The van der Waals surface area contributed by atoms with Crippen molar-refractivity contribution in [3.05, 3.63) is 64.7 Å². The number of halogens is 3. The number of rotatable bonds is 1. The molecule has 1 heterocycles. The van der Waals surface area contributed by atoms with Crippen molar-refractivity contribution in [2.45, 2.75) is 12.7 Å². The maximum Gasteiger partial charge on any atom is 0.417 e. The maximum atomic E-state index is 13.1. The predicted molar refractivity (Wildman–Crippen MR) is 77.0 cm³/mol. The van der Waals surface area contributed by atoms with Crippen LogP contribution in [0.3, 0.4) is 0 Å². The van der Waals surface area contributed by atoms with Gasteiger partial charge in [0.25, 0.3) is 0 Å². The minimum atomic E-state index is -4.37. The molecule has 21 heavy (non-hydrogen) atoms. The number of anilines is 1. The lowest BCUT2D eigenvalue weighted by Gasteiger charge is -2.22. The summed E-state index contributed by atoms with van der Waals surface area (Å²) < 4.78 is 39.2. The lowest BCUT2D eigenvalue weighted by atomic mass is 9.96. The van der Waals surface area contributed by atoms with E-state index in [4.69, 9.17) is 5.73 Å². The molecular formula is C16H13F3N2. The van der Waals surface area contributed by atoms with Crippen LogP contribution in [0.5, 0.6) is 0 Å². The third-order valence-corrected chi connectivity index (χ3v) is 3.46. The molecule has 1 aliphatic rings. The van der Waals surface area contributed by atoms with E-state index in [2.05, 4.69) is 5.32 Å². The van der Waals surface area contributed by atoms with Crippen LogP contribution in [-0.4, -0.2) is 0 Å². The fourth-order valence-electron chi connectivity index (χ4n) is 2.45. The van der Waals surface area contributed by atoms with Gasteiger partial charge in [-0.2, -0.15) is 13.2 Å². The first kappa shape index (κ1) is 13.5.